The van der Waals surface area contributed by atoms with E-state index in [4.69, 9.17) is 16.2 Å². The minimum absolute atomic E-state index is 0.0715. The Hall–Kier alpha value is -3.57. The fraction of sp³-hybridized carbons (Fsp3) is 0.278. The Bertz CT molecular complexity index is 993. The molecule has 2 aromatic heterocycles. The van der Waals surface area contributed by atoms with Gasteiger partial charge in [0.1, 0.15) is 11.4 Å². The number of carbonyl (C=O) groups is 1. The van der Waals surface area contributed by atoms with Gasteiger partial charge in [-0.3, -0.25) is 4.79 Å². The van der Waals surface area contributed by atoms with Crippen LogP contribution in [0.4, 0.5) is 17.5 Å². The van der Waals surface area contributed by atoms with Crippen molar-refractivity contribution in [3.05, 3.63) is 48.4 Å². The molecule has 4 rings (SSSR count). The van der Waals surface area contributed by atoms with Crippen LogP contribution in [0, 0.1) is 0 Å². The number of nitrogens with one attached hydrogen (secondary N) is 2. The Morgan fingerprint density at radius 3 is 2.86 bits per heavy atom. The summed E-state index contributed by atoms with van der Waals surface area (Å²) in [5, 5.41) is 14.5. The third kappa shape index (κ3) is 4.31. The topological polar surface area (TPSA) is 159 Å². The number of hydrogen-bond donors (Lipinski definition) is 4. The molecule has 0 unspecified atom stereocenters. The molecule has 11 nitrogen and oxygen atoms in total. The van der Waals surface area contributed by atoms with Gasteiger partial charge in [-0.15, -0.1) is 0 Å². The molecule has 1 aliphatic heterocycles. The van der Waals surface area contributed by atoms with Gasteiger partial charge in [-0.2, -0.15) is 20.0 Å². The Kier molecular flexibility index (Phi) is 5.31. The largest absolute Gasteiger partial charge is 0.379 e. The van der Waals surface area contributed by atoms with E-state index < -0.39 is 5.91 Å². The van der Waals surface area contributed by atoms with Crippen molar-refractivity contribution in [2.45, 2.75) is 18.5 Å². The highest BCUT2D eigenvalue weighted by Gasteiger charge is 2.23. The molecule has 0 spiro atoms. The van der Waals surface area contributed by atoms with E-state index in [9.17, 15) is 4.79 Å². The first-order valence-electron chi connectivity index (χ1n) is 9.10. The number of amides is 1. The number of primary amides is 1. The summed E-state index contributed by atoms with van der Waals surface area (Å²) in [6.45, 7) is 1.10. The molecule has 0 radical (unpaired) electrons. The molecule has 29 heavy (non-hydrogen) atoms. The summed E-state index contributed by atoms with van der Waals surface area (Å²) in [5.41, 5.74) is 13.2. The van der Waals surface area contributed by atoms with Gasteiger partial charge in [0.15, 0.2) is 0 Å². The zero-order valence-corrected chi connectivity index (χ0v) is 15.5. The van der Waals surface area contributed by atoms with E-state index in [1.54, 1.807) is 12.4 Å². The zero-order chi connectivity index (χ0) is 20.2. The molecule has 3 heterocycles. The van der Waals surface area contributed by atoms with Crippen molar-refractivity contribution in [2.24, 2.45) is 11.5 Å². The number of rotatable bonds is 6. The third-order valence-corrected chi connectivity index (χ3v) is 4.54. The Morgan fingerprint density at radius 1 is 1.28 bits per heavy atom. The number of anilines is 3. The van der Waals surface area contributed by atoms with Crippen LogP contribution in [-0.2, 0) is 4.74 Å². The van der Waals surface area contributed by atoms with Crippen LogP contribution in [0.25, 0.3) is 5.69 Å². The van der Waals surface area contributed by atoms with Gasteiger partial charge in [0.05, 0.1) is 30.7 Å². The smallest absolute Gasteiger partial charge is 0.254 e. The van der Waals surface area contributed by atoms with Crippen molar-refractivity contribution in [1.82, 2.24) is 25.0 Å². The first-order chi connectivity index (χ1) is 14.1. The summed E-state index contributed by atoms with van der Waals surface area (Å²) in [6.07, 6.45) is 5.31. The van der Waals surface area contributed by atoms with Crippen molar-refractivity contribution in [1.29, 1.82) is 0 Å². The molecule has 1 aromatic carbocycles. The first-order valence-corrected chi connectivity index (χ1v) is 9.10. The van der Waals surface area contributed by atoms with Gasteiger partial charge in [0, 0.05) is 24.5 Å². The molecule has 0 bridgehead atoms. The fourth-order valence-electron chi connectivity index (χ4n) is 2.99. The fourth-order valence-corrected chi connectivity index (χ4v) is 2.99. The Morgan fingerprint density at radius 2 is 2.10 bits per heavy atom. The lowest BCUT2D eigenvalue weighted by Gasteiger charge is -2.29. The highest BCUT2D eigenvalue weighted by atomic mass is 16.5. The minimum atomic E-state index is -0.637. The standard InChI is InChI=1S/C18H21N9O2/c19-14-4-7-29-10-15(14)25-18-21-9-13(16(20)28)17(26-18)24-11-2-1-3-12(8-11)27-22-5-6-23-27/h1-3,5-6,8-9,14-15H,4,7,10,19H2,(H2,20,28)(H2,21,24,25,26)/t14-,15+/m1/s1. The van der Waals surface area contributed by atoms with Crippen LogP contribution < -0.4 is 22.1 Å². The van der Waals surface area contributed by atoms with Crippen LogP contribution in [0.15, 0.2) is 42.9 Å². The number of aromatic nitrogens is 5. The van der Waals surface area contributed by atoms with E-state index in [-0.39, 0.29) is 23.5 Å². The minimum Gasteiger partial charge on any atom is -0.379 e. The van der Waals surface area contributed by atoms with Gasteiger partial charge >= 0.3 is 0 Å². The number of ether oxygens (including phenoxy) is 1. The number of hydrogen-bond acceptors (Lipinski definition) is 9. The molecular weight excluding hydrogens is 374 g/mol. The molecule has 2 atom stereocenters. The highest BCUT2D eigenvalue weighted by Crippen LogP contribution is 2.22. The molecule has 1 amide bonds. The summed E-state index contributed by atoms with van der Waals surface area (Å²) in [4.78, 5) is 21.9. The lowest BCUT2D eigenvalue weighted by Crippen LogP contribution is -2.47. The Balaban J connectivity index is 1.60. The SMILES string of the molecule is NC(=O)c1cnc(N[C@H]2COCC[C@H]2N)nc1Nc1cccc(-n2nccn2)c1. The van der Waals surface area contributed by atoms with Gasteiger partial charge in [0.25, 0.3) is 5.91 Å². The normalized spacial score (nSPS) is 18.9. The lowest BCUT2D eigenvalue weighted by molar-refractivity contribution is 0.0766. The lowest BCUT2D eigenvalue weighted by atomic mass is 10.1. The first kappa shape index (κ1) is 18.8. The molecule has 11 heteroatoms. The average Bonchev–Trinajstić information content (AvgIpc) is 3.25. The van der Waals surface area contributed by atoms with Crippen molar-refractivity contribution in [3.8, 4) is 5.69 Å². The van der Waals surface area contributed by atoms with Gasteiger partial charge < -0.3 is 26.8 Å². The van der Waals surface area contributed by atoms with Crippen molar-refractivity contribution in [3.63, 3.8) is 0 Å². The highest BCUT2D eigenvalue weighted by molar-refractivity contribution is 5.98. The number of benzene rings is 1. The van der Waals surface area contributed by atoms with E-state index in [0.29, 0.717) is 24.8 Å². The van der Waals surface area contributed by atoms with E-state index in [1.807, 2.05) is 24.3 Å². The van der Waals surface area contributed by atoms with Gasteiger partial charge in [0.2, 0.25) is 5.95 Å². The molecular formula is C18H21N9O2. The predicted molar refractivity (Wildman–Crippen MR) is 106 cm³/mol. The van der Waals surface area contributed by atoms with Crippen molar-refractivity contribution in [2.75, 3.05) is 23.8 Å². The van der Waals surface area contributed by atoms with Crippen LogP contribution in [0.3, 0.4) is 0 Å². The second kappa shape index (κ2) is 8.20. The summed E-state index contributed by atoms with van der Waals surface area (Å²) in [6, 6.07) is 7.16. The molecule has 150 valence electrons. The molecule has 1 saturated heterocycles. The van der Waals surface area contributed by atoms with Crippen LogP contribution in [0.5, 0.6) is 0 Å². The van der Waals surface area contributed by atoms with Crippen LogP contribution in [-0.4, -0.2) is 56.2 Å². The summed E-state index contributed by atoms with van der Waals surface area (Å²) < 4.78 is 5.46. The summed E-state index contributed by atoms with van der Waals surface area (Å²) >= 11 is 0. The molecule has 3 aromatic rings. The second-order valence-electron chi connectivity index (χ2n) is 6.59. The molecule has 6 N–H and O–H groups in total. The maximum Gasteiger partial charge on any atom is 0.254 e. The molecule has 0 saturated carbocycles. The average molecular weight is 395 g/mol. The van der Waals surface area contributed by atoms with Crippen LogP contribution in [0.2, 0.25) is 0 Å². The molecule has 1 fully saturated rings. The molecule has 1 aliphatic rings. The van der Waals surface area contributed by atoms with Gasteiger partial charge in [-0.05, 0) is 24.6 Å². The zero-order valence-electron chi connectivity index (χ0n) is 15.5. The van der Waals surface area contributed by atoms with Crippen molar-refractivity contribution < 1.29 is 9.53 Å². The van der Waals surface area contributed by atoms with E-state index in [1.165, 1.54) is 11.0 Å². The second-order valence-corrected chi connectivity index (χ2v) is 6.59. The van der Waals surface area contributed by atoms with Gasteiger partial charge in [-0.25, -0.2) is 4.98 Å². The van der Waals surface area contributed by atoms with Gasteiger partial charge in [-0.1, -0.05) is 6.07 Å². The number of nitrogens with two attached hydrogens (primary N) is 2. The van der Waals surface area contributed by atoms with Crippen LogP contribution >= 0.6 is 0 Å². The summed E-state index contributed by atoms with van der Waals surface area (Å²) in [5.74, 6) is -0.0270. The predicted octanol–water partition coefficient (Wildman–Crippen LogP) is 0.428. The van der Waals surface area contributed by atoms with Crippen molar-refractivity contribution >= 4 is 23.4 Å². The van der Waals surface area contributed by atoms with E-state index in [2.05, 4.69) is 30.8 Å². The Labute approximate surface area is 166 Å². The van der Waals surface area contributed by atoms with E-state index >= 15 is 0 Å². The third-order valence-electron chi connectivity index (χ3n) is 4.54. The van der Waals surface area contributed by atoms with E-state index in [0.717, 1.165) is 12.1 Å². The summed E-state index contributed by atoms with van der Waals surface area (Å²) in [7, 11) is 0. The van der Waals surface area contributed by atoms with Crippen LogP contribution in [0.1, 0.15) is 16.8 Å². The molecule has 0 aliphatic carbocycles. The monoisotopic (exact) mass is 395 g/mol. The maximum absolute atomic E-state index is 11.8. The quantitative estimate of drug-likeness (QED) is 0.464. The maximum atomic E-state index is 11.8. The number of carbonyl (C=O) groups excluding carboxylic acids is 1. The number of nitrogens with zero attached hydrogens (tertiary/aromatic N) is 5.